The van der Waals surface area contributed by atoms with Crippen molar-refractivity contribution in [2.45, 2.75) is 146 Å². The normalized spacial score (nSPS) is 17.3. The molecule has 35 heavy (non-hydrogen) atoms. The standard InChI is InChI=1S/C22H54O9Si4/c1-17(2)23-32(13,24-18(3)4)29-34(15,27-21(9)10)31-35(16,28-22(11)12)30-33(14,25-19(5)6)26-20(7)8/h17-22H,1-16H3. The second-order valence-electron chi connectivity index (χ2n) is 10.8. The van der Waals surface area contributed by atoms with Gasteiger partial charge in [-0.1, -0.05) is 0 Å². The average molecular weight is 575 g/mol. The van der Waals surface area contributed by atoms with E-state index in [4.69, 9.17) is 38.9 Å². The molecule has 2 unspecified atom stereocenters. The SMILES string of the molecule is CC(C)O[Si](C)(OC(C)C)O[Si](C)(OC(C)C)O[Si](C)(OC(C)C)O[Si](C)(OC(C)C)OC(C)C. The molecule has 0 aromatic heterocycles. The number of hydrogen-bond acceptors (Lipinski definition) is 9. The van der Waals surface area contributed by atoms with Crippen LogP contribution in [0.1, 0.15) is 83.1 Å². The smallest absolute Gasteiger partial charge is 0.373 e. The first-order chi connectivity index (χ1) is 15.6. The summed E-state index contributed by atoms with van der Waals surface area (Å²) in [4.78, 5) is 0. The van der Waals surface area contributed by atoms with Crippen LogP contribution in [0.2, 0.25) is 26.2 Å². The fraction of sp³-hybridized carbons (Fsp3) is 1.00. The molecule has 0 aliphatic rings. The molecule has 0 rings (SSSR count). The van der Waals surface area contributed by atoms with Gasteiger partial charge in [0.1, 0.15) is 0 Å². The minimum atomic E-state index is -3.43. The molecule has 0 radical (unpaired) electrons. The summed E-state index contributed by atoms with van der Waals surface area (Å²) in [5.74, 6) is 0. The van der Waals surface area contributed by atoms with Crippen LogP contribution in [0, 0.1) is 0 Å². The van der Waals surface area contributed by atoms with Gasteiger partial charge in [-0.3, -0.25) is 0 Å². The van der Waals surface area contributed by atoms with E-state index in [0.29, 0.717) is 0 Å². The summed E-state index contributed by atoms with van der Waals surface area (Å²) in [6.45, 7) is 30.8. The molecular weight excluding hydrogens is 521 g/mol. The van der Waals surface area contributed by atoms with Gasteiger partial charge < -0.3 is 38.9 Å². The fourth-order valence-corrected chi connectivity index (χ4v) is 19.8. The predicted octanol–water partition coefficient (Wildman–Crippen LogP) is 5.86. The maximum Gasteiger partial charge on any atom is 0.490 e. The summed E-state index contributed by atoms with van der Waals surface area (Å²) in [6.07, 6.45) is -0.702. The Morgan fingerprint density at radius 2 is 0.429 bits per heavy atom. The van der Waals surface area contributed by atoms with Crippen molar-refractivity contribution in [3.8, 4) is 0 Å². The van der Waals surface area contributed by atoms with E-state index in [1.165, 1.54) is 0 Å². The Balaban J connectivity index is 6.36. The molecule has 0 aliphatic carbocycles. The number of hydrogen-bond donors (Lipinski definition) is 0. The zero-order valence-corrected chi connectivity index (χ0v) is 29.1. The molecule has 9 nitrogen and oxygen atoms in total. The van der Waals surface area contributed by atoms with Gasteiger partial charge in [0, 0.05) is 62.8 Å². The lowest BCUT2D eigenvalue weighted by molar-refractivity contribution is 0.00199. The number of rotatable bonds is 18. The van der Waals surface area contributed by atoms with Crippen LogP contribution in [0.15, 0.2) is 0 Å². The molecule has 0 spiro atoms. The van der Waals surface area contributed by atoms with E-state index in [1.807, 2.05) is 109 Å². The first-order valence-corrected chi connectivity index (χ1v) is 21.7. The third-order valence-electron chi connectivity index (χ3n) is 3.81. The maximum atomic E-state index is 6.70. The Hall–Kier alpha value is 0.508. The molecule has 0 saturated heterocycles. The minimum Gasteiger partial charge on any atom is -0.373 e. The highest BCUT2D eigenvalue weighted by Gasteiger charge is 2.58. The van der Waals surface area contributed by atoms with E-state index in [1.54, 1.807) is 0 Å². The van der Waals surface area contributed by atoms with Gasteiger partial charge in [-0.25, -0.2) is 0 Å². The summed E-state index contributed by atoms with van der Waals surface area (Å²) < 4.78 is 57.3. The predicted molar refractivity (Wildman–Crippen MR) is 147 cm³/mol. The van der Waals surface area contributed by atoms with Gasteiger partial charge in [0.2, 0.25) is 0 Å². The second kappa shape index (κ2) is 14.6. The van der Waals surface area contributed by atoms with Crippen molar-refractivity contribution in [3.63, 3.8) is 0 Å². The lowest BCUT2D eigenvalue weighted by Gasteiger charge is -2.43. The Morgan fingerprint density at radius 1 is 0.286 bits per heavy atom. The third kappa shape index (κ3) is 15.5. The van der Waals surface area contributed by atoms with Crippen LogP contribution in [0.25, 0.3) is 0 Å². The first-order valence-electron chi connectivity index (χ1n) is 12.8. The van der Waals surface area contributed by atoms with Crippen LogP contribution >= 0.6 is 0 Å². The molecule has 0 aromatic rings. The Bertz CT molecular complexity index is 537. The Kier molecular flexibility index (Phi) is 14.8. The largest absolute Gasteiger partial charge is 0.490 e. The van der Waals surface area contributed by atoms with Crippen molar-refractivity contribution < 1.29 is 38.9 Å². The topological polar surface area (TPSA) is 83.1 Å². The highest BCUT2D eigenvalue weighted by atomic mass is 28.5. The zero-order chi connectivity index (χ0) is 27.8. The van der Waals surface area contributed by atoms with Gasteiger partial charge >= 0.3 is 35.2 Å². The molecule has 0 heterocycles. The first kappa shape index (κ1) is 35.5. The minimum absolute atomic E-state index is 0.0934. The zero-order valence-electron chi connectivity index (χ0n) is 25.1. The van der Waals surface area contributed by atoms with Crippen LogP contribution in [-0.4, -0.2) is 71.8 Å². The molecule has 212 valence electrons. The van der Waals surface area contributed by atoms with E-state index >= 15 is 0 Å². The molecule has 0 fully saturated rings. The Morgan fingerprint density at radius 3 is 0.600 bits per heavy atom. The maximum absolute atomic E-state index is 6.70. The summed E-state index contributed by atoms with van der Waals surface area (Å²) in [6, 6.07) is 0. The van der Waals surface area contributed by atoms with Gasteiger partial charge in [0.05, 0.1) is 0 Å². The molecule has 0 N–H and O–H groups in total. The van der Waals surface area contributed by atoms with Crippen LogP contribution in [-0.2, 0) is 38.9 Å². The molecule has 0 amide bonds. The van der Waals surface area contributed by atoms with E-state index in [2.05, 4.69) is 0 Å². The summed E-state index contributed by atoms with van der Waals surface area (Å²) >= 11 is 0. The van der Waals surface area contributed by atoms with Crippen molar-refractivity contribution in [2.75, 3.05) is 0 Å². The molecular formula is C22H54O9Si4. The third-order valence-corrected chi connectivity index (χ3v) is 18.1. The molecule has 0 aromatic carbocycles. The highest BCUT2D eigenvalue weighted by molar-refractivity contribution is 6.82. The lowest BCUT2D eigenvalue weighted by Crippen LogP contribution is -2.65. The lowest BCUT2D eigenvalue weighted by atomic mass is 10.5. The summed E-state index contributed by atoms with van der Waals surface area (Å²) in [7, 11) is -13.2. The molecule has 13 heteroatoms. The van der Waals surface area contributed by atoms with Crippen molar-refractivity contribution in [3.05, 3.63) is 0 Å². The van der Waals surface area contributed by atoms with Crippen molar-refractivity contribution in [1.82, 2.24) is 0 Å². The van der Waals surface area contributed by atoms with Crippen molar-refractivity contribution >= 4 is 35.2 Å². The summed E-state index contributed by atoms with van der Waals surface area (Å²) in [5.41, 5.74) is 0. The average Bonchev–Trinajstić information content (AvgIpc) is 2.46. The summed E-state index contributed by atoms with van der Waals surface area (Å²) in [5, 5.41) is 0. The van der Waals surface area contributed by atoms with Gasteiger partial charge in [0.25, 0.3) is 0 Å². The van der Waals surface area contributed by atoms with Crippen molar-refractivity contribution in [1.29, 1.82) is 0 Å². The van der Waals surface area contributed by atoms with Crippen LogP contribution in [0.4, 0.5) is 0 Å². The highest BCUT2D eigenvalue weighted by Crippen LogP contribution is 2.30. The Labute approximate surface area is 219 Å². The molecule has 2 atom stereocenters. The fourth-order valence-electron chi connectivity index (χ4n) is 3.87. The monoisotopic (exact) mass is 574 g/mol. The van der Waals surface area contributed by atoms with E-state index in [-0.39, 0.29) is 36.6 Å². The second-order valence-corrected chi connectivity index (χ2v) is 21.5. The van der Waals surface area contributed by atoms with Gasteiger partial charge in [-0.05, 0) is 83.1 Å². The molecule has 0 bridgehead atoms. The van der Waals surface area contributed by atoms with E-state index in [0.717, 1.165) is 0 Å². The quantitative estimate of drug-likeness (QED) is 0.187. The molecule has 0 aliphatic heterocycles. The van der Waals surface area contributed by atoms with Gasteiger partial charge in [-0.2, -0.15) is 0 Å². The van der Waals surface area contributed by atoms with E-state index in [9.17, 15) is 0 Å². The van der Waals surface area contributed by atoms with Gasteiger partial charge in [-0.15, -0.1) is 0 Å². The van der Waals surface area contributed by atoms with E-state index < -0.39 is 35.2 Å². The van der Waals surface area contributed by atoms with Crippen LogP contribution in [0.5, 0.6) is 0 Å². The van der Waals surface area contributed by atoms with Crippen LogP contribution < -0.4 is 0 Å². The molecule has 0 saturated carbocycles. The van der Waals surface area contributed by atoms with Crippen LogP contribution in [0.3, 0.4) is 0 Å². The van der Waals surface area contributed by atoms with Crippen molar-refractivity contribution in [2.24, 2.45) is 0 Å². The van der Waals surface area contributed by atoms with Gasteiger partial charge in [0.15, 0.2) is 0 Å².